The molecule has 4 aromatic rings. The quantitative estimate of drug-likeness (QED) is 0.467. The van der Waals surface area contributed by atoms with Crippen LogP contribution >= 0.6 is 34.7 Å². The van der Waals surface area contributed by atoms with Crippen molar-refractivity contribution in [2.75, 3.05) is 0 Å². The molecule has 0 atom stereocenters. The van der Waals surface area contributed by atoms with Crippen molar-refractivity contribution in [2.24, 2.45) is 7.05 Å². The Morgan fingerprint density at radius 2 is 2.08 bits per heavy atom. The molecule has 0 radical (unpaired) electrons. The SMILES string of the molecule is Cn1c(SCc2noc(-c3ccccc3Cl)n2)nnc1-c1cccs1. The Morgan fingerprint density at radius 1 is 1.20 bits per heavy atom. The lowest BCUT2D eigenvalue weighted by atomic mass is 10.2. The number of thiophene rings is 1. The van der Waals surface area contributed by atoms with Gasteiger partial charge >= 0.3 is 0 Å². The summed E-state index contributed by atoms with van der Waals surface area (Å²) in [5.41, 5.74) is 0.728. The molecule has 0 unspecified atom stereocenters. The molecule has 6 nitrogen and oxygen atoms in total. The smallest absolute Gasteiger partial charge is 0.259 e. The zero-order valence-corrected chi connectivity index (χ0v) is 15.5. The molecule has 1 aromatic carbocycles. The minimum Gasteiger partial charge on any atom is -0.334 e. The summed E-state index contributed by atoms with van der Waals surface area (Å²) in [6.07, 6.45) is 0. The van der Waals surface area contributed by atoms with Gasteiger partial charge in [0, 0.05) is 7.05 Å². The highest BCUT2D eigenvalue weighted by molar-refractivity contribution is 7.98. The van der Waals surface area contributed by atoms with Gasteiger partial charge in [0.05, 0.1) is 21.2 Å². The standard InChI is InChI=1S/C16H12ClN5OS2/c1-22-14(12-7-4-8-24-12)19-20-16(22)25-9-13-18-15(23-21-13)10-5-2-3-6-11(10)17/h2-8H,9H2,1H3. The molecule has 9 heteroatoms. The second-order valence-corrected chi connectivity index (χ2v) is 7.42. The summed E-state index contributed by atoms with van der Waals surface area (Å²) in [7, 11) is 1.95. The molecule has 0 amide bonds. The van der Waals surface area contributed by atoms with Crippen molar-refractivity contribution in [2.45, 2.75) is 10.9 Å². The second kappa shape index (κ2) is 6.99. The molecule has 0 saturated carbocycles. The lowest BCUT2D eigenvalue weighted by Crippen LogP contribution is -1.94. The van der Waals surface area contributed by atoms with E-state index in [9.17, 15) is 0 Å². The van der Waals surface area contributed by atoms with Crippen molar-refractivity contribution in [3.05, 3.63) is 52.6 Å². The van der Waals surface area contributed by atoms with E-state index in [1.807, 2.05) is 47.3 Å². The number of halogens is 1. The molecule has 0 aliphatic rings. The monoisotopic (exact) mass is 389 g/mol. The van der Waals surface area contributed by atoms with Crippen LogP contribution in [0.15, 0.2) is 51.5 Å². The van der Waals surface area contributed by atoms with Gasteiger partial charge in [-0.25, -0.2) is 0 Å². The molecule has 0 saturated heterocycles. The van der Waals surface area contributed by atoms with E-state index in [-0.39, 0.29) is 0 Å². The number of hydrogen-bond donors (Lipinski definition) is 0. The highest BCUT2D eigenvalue weighted by atomic mass is 35.5. The zero-order valence-electron chi connectivity index (χ0n) is 13.1. The Bertz CT molecular complexity index is 996. The molecule has 0 aliphatic heterocycles. The first-order chi connectivity index (χ1) is 12.2. The third-order valence-corrected chi connectivity index (χ3v) is 5.69. The number of benzene rings is 1. The second-order valence-electron chi connectivity index (χ2n) is 5.13. The molecule has 0 N–H and O–H groups in total. The van der Waals surface area contributed by atoms with Crippen LogP contribution in [0, 0.1) is 0 Å². The Kier molecular flexibility index (Phi) is 4.56. The van der Waals surface area contributed by atoms with Gasteiger partial charge in [-0.3, -0.25) is 0 Å². The topological polar surface area (TPSA) is 69.6 Å². The van der Waals surface area contributed by atoms with Gasteiger partial charge < -0.3 is 9.09 Å². The van der Waals surface area contributed by atoms with E-state index in [0.29, 0.717) is 22.5 Å². The molecule has 0 aliphatic carbocycles. The lowest BCUT2D eigenvalue weighted by molar-refractivity contribution is 0.425. The van der Waals surface area contributed by atoms with Crippen molar-refractivity contribution in [3.63, 3.8) is 0 Å². The molecule has 0 spiro atoms. The van der Waals surface area contributed by atoms with E-state index in [1.54, 1.807) is 17.4 Å². The average molecular weight is 390 g/mol. The fraction of sp³-hybridized carbons (Fsp3) is 0.125. The number of hydrogen-bond acceptors (Lipinski definition) is 7. The summed E-state index contributed by atoms with van der Waals surface area (Å²) in [6.45, 7) is 0. The Labute approximate surface area is 156 Å². The number of thioether (sulfide) groups is 1. The fourth-order valence-electron chi connectivity index (χ4n) is 2.25. The highest BCUT2D eigenvalue weighted by Crippen LogP contribution is 2.29. The van der Waals surface area contributed by atoms with Crippen LogP contribution in [0.25, 0.3) is 22.2 Å². The van der Waals surface area contributed by atoms with E-state index >= 15 is 0 Å². The first kappa shape index (κ1) is 16.3. The highest BCUT2D eigenvalue weighted by Gasteiger charge is 2.15. The van der Waals surface area contributed by atoms with Crippen LogP contribution in [0.5, 0.6) is 0 Å². The average Bonchev–Trinajstić information content (AvgIpc) is 3.34. The maximum Gasteiger partial charge on any atom is 0.259 e. The van der Waals surface area contributed by atoms with Gasteiger partial charge in [-0.1, -0.05) is 46.7 Å². The minimum atomic E-state index is 0.415. The van der Waals surface area contributed by atoms with Crippen molar-refractivity contribution in [1.82, 2.24) is 24.9 Å². The van der Waals surface area contributed by atoms with Crippen LogP contribution in [0.3, 0.4) is 0 Å². The van der Waals surface area contributed by atoms with Crippen LogP contribution in [0.2, 0.25) is 5.02 Å². The van der Waals surface area contributed by atoms with Crippen molar-refractivity contribution in [3.8, 4) is 22.2 Å². The third-order valence-electron chi connectivity index (χ3n) is 3.48. The van der Waals surface area contributed by atoms with Gasteiger partial charge in [-0.2, -0.15) is 4.98 Å². The normalized spacial score (nSPS) is 11.1. The van der Waals surface area contributed by atoms with Crippen LogP contribution in [-0.2, 0) is 12.8 Å². The summed E-state index contributed by atoms with van der Waals surface area (Å²) in [5.74, 6) is 2.38. The van der Waals surface area contributed by atoms with Gasteiger partial charge in [-0.15, -0.1) is 21.5 Å². The summed E-state index contributed by atoms with van der Waals surface area (Å²) >= 11 is 9.30. The lowest BCUT2D eigenvalue weighted by Gasteiger charge is -2.00. The predicted octanol–water partition coefficient (Wildman–Crippen LogP) is 4.54. The third kappa shape index (κ3) is 3.33. The summed E-state index contributed by atoms with van der Waals surface area (Å²) in [4.78, 5) is 5.49. The molecule has 126 valence electrons. The van der Waals surface area contributed by atoms with Crippen LogP contribution in [0.4, 0.5) is 0 Å². The summed E-state index contributed by atoms with van der Waals surface area (Å²) in [6, 6.07) is 11.4. The van der Waals surface area contributed by atoms with Gasteiger partial charge in [0.25, 0.3) is 5.89 Å². The number of rotatable bonds is 5. The van der Waals surface area contributed by atoms with Gasteiger partial charge in [-0.05, 0) is 23.6 Å². The van der Waals surface area contributed by atoms with Crippen molar-refractivity contribution >= 4 is 34.7 Å². The summed E-state index contributed by atoms with van der Waals surface area (Å²) < 4.78 is 7.28. The Balaban J connectivity index is 1.49. The first-order valence-corrected chi connectivity index (χ1v) is 9.60. The predicted molar refractivity (Wildman–Crippen MR) is 98.6 cm³/mol. The van der Waals surface area contributed by atoms with Crippen molar-refractivity contribution in [1.29, 1.82) is 0 Å². The van der Waals surface area contributed by atoms with E-state index in [4.69, 9.17) is 16.1 Å². The molecule has 0 fully saturated rings. The number of aromatic nitrogens is 5. The Hall–Kier alpha value is -2.16. The van der Waals surface area contributed by atoms with E-state index in [2.05, 4.69) is 20.3 Å². The molecular formula is C16H12ClN5OS2. The maximum atomic E-state index is 6.16. The van der Waals surface area contributed by atoms with Crippen molar-refractivity contribution < 1.29 is 4.52 Å². The molecule has 3 heterocycles. The van der Waals surface area contributed by atoms with E-state index < -0.39 is 0 Å². The van der Waals surface area contributed by atoms with Gasteiger partial charge in [0.15, 0.2) is 16.8 Å². The fourth-order valence-corrected chi connectivity index (χ4v) is 3.96. The zero-order chi connectivity index (χ0) is 17.2. The van der Waals surface area contributed by atoms with Gasteiger partial charge in [0.2, 0.25) is 0 Å². The number of nitrogens with zero attached hydrogens (tertiary/aromatic N) is 5. The molecule has 0 bridgehead atoms. The first-order valence-electron chi connectivity index (χ1n) is 7.36. The van der Waals surface area contributed by atoms with Crippen LogP contribution < -0.4 is 0 Å². The van der Waals surface area contributed by atoms with Crippen LogP contribution in [-0.4, -0.2) is 24.9 Å². The molecule has 25 heavy (non-hydrogen) atoms. The Morgan fingerprint density at radius 3 is 2.88 bits per heavy atom. The largest absolute Gasteiger partial charge is 0.334 e. The van der Waals surface area contributed by atoms with Crippen LogP contribution in [0.1, 0.15) is 5.82 Å². The maximum absolute atomic E-state index is 6.16. The molecule has 3 aromatic heterocycles. The molecule has 4 rings (SSSR count). The molecular weight excluding hydrogens is 378 g/mol. The summed E-state index contributed by atoms with van der Waals surface area (Å²) in [5, 5.41) is 15.9. The van der Waals surface area contributed by atoms with E-state index in [0.717, 1.165) is 21.4 Å². The van der Waals surface area contributed by atoms with Gasteiger partial charge in [0.1, 0.15) is 0 Å². The van der Waals surface area contributed by atoms with E-state index in [1.165, 1.54) is 11.8 Å². The minimum absolute atomic E-state index is 0.415.